The standard InChI is InChI=1S/C14H7BrClN3S/c15-11-6-10(3-1-8(11)7-17)18-14-19-12-4-2-9(16)5-13(12)20-14/h1-6H,(H,18,19). The predicted molar refractivity (Wildman–Crippen MR) is 86.8 cm³/mol. The fourth-order valence-electron chi connectivity index (χ4n) is 1.76. The van der Waals surface area contributed by atoms with Crippen molar-refractivity contribution in [2.24, 2.45) is 0 Å². The van der Waals surface area contributed by atoms with E-state index in [4.69, 9.17) is 16.9 Å². The van der Waals surface area contributed by atoms with Crippen LogP contribution >= 0.6 is 38.9 Å². The maximum Gasteiger partial charge on any atom is 0.188 e. The fraction of sp³-hybridized carbons (Fsp3) is 0. The van der Waals surface area contributed by atoms with Gasteiger partial charge in [-0.15, -0.1) is 0 Å². The highest BCUT2D eigenvalue weighted by atomic mass is 79.9. The zero-order valence-electron chi connectivity index (χ0n) is 10.0. The molecular formula is C14H7BrClN3S. The molecule has 0 aliphatic rings. The van der Waals surface area contributed by atoms with Crippen LogP contribution in [-0.4, -0.2) is 4.98 Å². The van der Waals surface area contributed by atoms with E-state index in [0.29, 0.717) is 10.6 Å². The molecular weight excluding hydrogens is 358 g/mol. The molecule has 3 rings (SSSR count). The van der Waals surface area contributed by atoms with Gasteiger partial charge >= 0.3 is 0 Å². The Labute approximate surface area is 133 Å². The van der Waals surface area contributed by atoms with Gasteiger partial charge in [0.25, 0.3) is 0 Å². The van der Waals surface area contributed by atoms with E-state index in [9.17, 15) is 0 Å². The minimum Gasteiger partial charge on any atom is -0.331 e. The Morgan fingerprint density at radius 2 is 2.10 bits per heavy atom. The molecule has 20 heavy (non-hydrogen) atoms. The average Bonchev–Trinajstić information content (AvgIpc) is 2.80. The van der Waals surface area contributed by atoms with E-state index in [-0.39, 0.29) is 0 Å². The zero-order chi connectivity index (χ0) is 14.1. The average molecular weight is 365 g/mol. The van der Waals surface area contributed by atoms with Crippen LogP contribution in [0.1, 0.15) is 5.56 Å². The SMILES string of the molecule is N#Cc1ccc(Nc2nc3ccc(Cl)cc3s2)cc1Br. The molecule has 1 heterocycles. The molecule has 0 aliphatic carbocycles. The van der Waals surface area contributed by atoms with Gasteiger partial charge in [0.15, 0.2) is 5.13 Å². The van der Waals surface area contributed by atoms with Crippen molar-refractivity contribution >= 4 is 59.9 Å². The lowest BCUT2D eigenvalue weighted by Gasteiger charge is -2.03. The van der Waals surface area contributed by atoms with E-state index < -0.39 is 0 Å². The first-order valence-corrected chi connectivity index (χ1v) is 7.67. The van der Waals surface area contributed by atoms with Gasteiger partial charge in [0.05, 0.1) is 15.8 Å². The van der Waals surface area contributed by atoms with Crippen LogP contribution in [0.4, 0.5) is 10.8 Å². The van der Waals surface area contributed by atoms with Gasteiger partial charge in [0.2, 0.25) is 0 Å². The molecule has 0 atom stereocenters. The van der Waals surface area contributed by atoms with Gasteiger partial charge in [-0.2, -0.15) is 5.26 Å². The van der Waals surface area contributed by atoms with E-state index in [2.05, 4.69) is 32.3 Å². The number of thiazole rings is 1. The fourth-order valence-corrected chi connectivity index (χ4v) is 3.39. The largest absolute Gasteiger partial charge is 0.331 e. The van der Waals surface area contributed by atoms with E-state index in [1.807, 2.05) is 30.3 Å². The van der Waals surface area contributed by atoms with Crippen LogP contribution in [-0.2, 0) is 0 Å². The number of fused-ring (bicyclic) bond motifs is 1. The Hall–Kier alpha value is -1.61. The number of nitriles is 1. The van der Waals surface area contributed by atoms with E-state index in [0.717, 1.165) is 25.5 Å². The first-order valence-electron chi connectivity index (χ1n) is 5.68. The van der Waals surface area contributed by atoms with Gasteiger partial charge in [0, 0.05) is 15.2 Å². The van der Waals surface area contributed by atoms with Gasteiger partial charge < -0.3 is 5.32 Å². The van der Waals surface area contributed by atoms with Crippen LogP contribution in [0.25, 0.3) is 10.2 Å². The van der Waals surface area contributed by atoms with Crippen LogP contribution in [0.5, 0.6) is 0 Å². The first-order chi connectivity index (χ1) is 9.65. The summed E-state index contributed by atoms with van der Waals surface area (Å²) < 4.78 is 1.79. The quantitative estimate of drug-likeness (QED) is 0.669. The number of benzene rings is 2. The Morgan fingerprint density at radius 3 is 2.85 bits per heavy atom. The molecule has 0 saturated heterocycles. The Bertz CT molecular complexity index is 838. The van der Waals surface area contributed by atoms with Crippen LogP contribution in [0, 0.1) is 11.3 Å². The summed E-state index contributed by atoms with van der Waals surface area (Å²) in [5.74, 6) is 0. The van der Waals surface area contributed by atoms with Crippen molar-refractivity contribution < 1.29 is 0 Å². The molecule has 3 nitrogen and oxygen atoms in total. The summed E-state index contributed by atoms with van der Waals surface area (Å²) in [4.78, 5) is 4.49. The molecule has 1 aromatic heterocycles. The van der Waals surface area contributed by atoms with Gasteiger partial charge in [0.1, 0.15) is 6.07 Å². The van der Waals surface area contributed by atoms with Gasteiger partial charge in [-0.05, 0) is 52.3 Å². The third kappa shape index (κ3) is 2.63. The van der Waals surface area contributed by atoms with Crippen molar-refractivity contribution in [3.05, 3.63) is 51.5 Å². The minimum absolute atomic E-state index is 0.603. The van der Waals surface area contributed by atoms with Crippen molar-refractivity contribution in [3.8, 4) is 6.07 Å². The Kier molecular flexibility index (Phi) is 3.62. The number of nitrogens with one attached hydrogen (secondary N) is 1. The summed E-state index contributed by atoms with van der Waals surface area (Å²) in [6.45, 7) is 0. The van der Waals surface area contributed by atoms with Crippen LogP contribution in [0.2, 0.25) is 5.02 Å². The minimum atomic E-state index is 0.603. The maximum atomic E-state index is 8.90. The summed E-state index contributed by atoms with van der Waals surface area (Å²) in [6.07, 6.45) is 0. The second-order valence-electron chi connectivity index (χ2n) is 4.06. The van der Waals surface area contributed by atoms with Gasteiger partial charge in [-0.1, -0.05) is 22.9 Å². The van der Waals surface area contributed by atoms with Crippen molar-refractivity contribution in [1.82, 2.24) is 4.98 Å². The number of hydrogen-bond donors (Lipinski definition) is 1. The Balaban J connectivity index is 1.93. The third-order valence-electron chi connectivity index (χ3n) is 2.69. The molecule has 0 fully saturated rings. The van der Waals surface area contributed by atoms with E-state index in [1.54, 1.807) is 6.07 Å². The lowest BCUT2D eigenvalue weighted by atomic mass is 10.2. The summed E-state index contributed by atoms with van der Waals surface area (Å²) in [5, 5.41) is 13.6. The lowest BCUT2D eigenvalue weighted by Crippen LogP contribution is -1.89. The molecule has 0 saturated carbocycles. The summed E-state index contributed by atoms with van der Waals surface area (Å²) in [7, 11) is 0. The number of rotatable bonds is 2. The van der Waals surface area contributed by atoms with Gasteiger partial charge in [-0.25, -0.2) is 4.98 Å². The highest BCUT2D eigenvalue weighted by Gasteiger charge is 2.06. The molecule has 0 radical (unpaired) electrons. The maximum absolute atomic E-state index is 8.90. The predicted octanol–water partition coefficient (Wildman–Crippen LogP) is 5.33. The molecule has 0 aliphatic heterocycles. The van der Waals surface area contributed by atoms with Crippen molar-refractivity contribution in [2.75, 3.05) is 5.32 Å². The number of hydrogen-bond acceptors (Lipinski definition) is 4. The summed E-state index contributed by atoms with van der Waals surface area (Å²) >= 11 is 10.9. The highest BCUT2D eigenvalue weighted by Crippen LogP contribution is 2.31. The molecule has 6 heteroatoms. The third-order valence-corrected chi connectivity index (χ3v) is 4.52. The molecule has 3 aromatic rings. The lowest BCUT2D eigenvalue weighted by molar-refractivity contribution is 1.42. The normalized spacial score (nSPS) is 10.4. The zero-order valence-corrected chi connectivity index (χ0v) is 13.2. The molecule has 0 spiro atoms. The number of halogens is 2. The van der Waals surface area contributed by atoms with Crippen molar-refractivity contribution in [3.63, 3.8) is 0 Å². The monoisotopic (exact) mass is 363 g/mol. The Morgan fingerprint density at radius 1 is 1.25 bits per heavy atom. The highest BCUT2D eigenvalue weighted by molar-refractivity contribution is 9.10. The van der Waals surface area contributed by atoms with E-state index >= 15 is 0 Å². The number of aromatic nitrogens is 1. The van der Waals surface area contributed by atoms with E-state index in [1.165, 1.54) is 11.3 Å². The second kappa shape index (κ2) is 5.41. The van der Waals surface area contributed by atoms with Crippen LogP contribution in [0.15, 0.2) is 40.9 Å². The topological polar surface area (TPSA) is 48.7 Å². The molecule has 1 N–H and O–H groups in total. The summed E-state index contributed by atoms with van der Waals surface area (Å²) in [6, 6.07) is 13.2. The molecule has 0 amide bonds. The van der Waals surface area contributed by atoms with Crippen molar-refractivity contribution in [2.45, 2.75) is 0 Å². The molecule has 2 aromatic carbocycles. The summed E-state index contributed by atoms with van der Waals surface area (Å²) in [5.41, 5.74) is 2.39. The van der Waals surface area contributed by atoms with Crippen molar-refractivity contribution in [1.29, 1.82) is 5.26 Å². The van der Waals surface area contributed by atoms with Crippen LogP contribution < -0.4 is 5.32 Å². The first kappa shape index (κ1) is 13.4. The smallest absolute Gasteiger partial charge is 0.188 e. The molecule has 0 unspecified atom stereocenters. The second-order valence-corrected chi connectivity index (χ2v) is 6.38. The molecule has 0 bridgehead atoms. The molecule has 98 valence electrons. The van der Waals surface area contributed by atoms with Gasteiger partial charge in [-0.3, -0.25) is 0 Å². The number of nitrogens with zero attached hydrogens (tertiary/aromatic N) is 2. The van der Waals surface area contributed by atoms with Crippen LogP contribution in [0.3, 0.4) is 0 Å². The number of anilines is 2.